The summed E-state index contributed by atoms with van der Waals surface area (Å²) in [7, 11) is -0.108. The maximum atomic E-state index is 11.9. The molecule has 8 nitrogen and oxygen atoms in total. The minimum absolute atomic E-state index is 0.0587. The summed E-state index contributed by atoms with van der Waals surface area (Å²) in [6.45, 7) is 0.499. The summed E-state index contributed by atoms with van der Waals surface area (Å²) in [6, 6.07) is 4.10. The molecule has 0 saturated carbocycles. The van der Waals surface area contributed by atoms with E-state index in [2.05, 4.69) is 0 Å². The smallest absolute Gasteiger partial charge is 0.295 e. The van der Waals surface area contributed by atoms with Gasteiger partial charge in [0.25, 0.3) is 5.69 Å². The van der Waals surface area contributed by atoms with Gasteiger partial charge in [-0.3, -0.25) is 14.4 Å². The number of hydrogen-bond donors (Lipinski definition) is 1. The van der Waals surface area contributed by atoms with E-state index in [1.54, 1.807) is 19.0 Å². The van der Waals surface area contributed by atoms with Gasteiger partial charge in [-0.25, -0.2) is 8.42 Å². The van der Waals surface area contributed by atoms with Crippen molar-refractivity contribution < 1.29 is 13.3 Å². The molecule has 1 aromatic rings. The van der Waals surface area contributed by atoms with E-state index >= 15 is 0 Å². The van der Waals surface area contributed by atoms with Gasteiger partial charge in [-0.1, -0.05) is 6.07 Å². The highest BCUT2D eigenvalue weighted by atomic mass is 32.2. The number of likely N-dealkylation sites (N-methyl/N-ethyl adjacent to an activating group) is 1. The number of anilines is 2. The first-order valence-electron chi connectivity index (χ1n) is 5.80. The van der Waals surface area contributed by atoms with Crippen LogP contribution in [-0.2, 0) is 10.0 Å². The number of para-hydroxylation sites is 1. The molecule has 0 atom stereocenters. The Balaban J connectivity index is 3.38. The molecule has 9 heteroatoms. The molecular formula is C11H18N4O4S. The van der Waals surface area contributed by atoms with E-state index in [-0.39, 0.29) is 23.6 Å². The molecule has 20 heavy (non-hydrogen) atoms. The Morgan fingerprint density at radius 1 is 1.30 bits per heavy atom. The molecule has 0 bridgehead atoms. The van der Waals surface area contributed by atoms with Crippen molar-refractivity contribution in [1.82, 2.24) is 4.90 Å². The predicted molar refractivity (Wildman–Crippen MR) is 78.3 cm³/mol. The molecule has 0 amide bonds. The highest BCUT2D eigenvalue weighted by molar-refractivity contribution is 7.92. The summed E-state index contributed by atoms with van der Waals surface area (Å²) in [6.07, 6.45) is 0.999. The normalized spacial score (nSPS) is 11.6. The SMILES string of the molecule is CN(C)CCN(c1c(N)cccc1[N+](=O)[O-])S(C)(=O)=O. The molecule has 0 aliphatic carbocycles. The van der Waals surface area contributed by atoms with E-state index in [0.29, 0.717) is 6.54 Å². The molecule has 0 aliphatic rings. The van der Waals surface area contributed by atoms with Crippen LogP contribution in [0.25, 0.3) is 0 Å². The van der Waals surface area contributed by atoms with E-state index < -0.39 is 14.9 Å². The van der Waals surface area contributed by atoms with Gasteiger partial charge in [0.15, 0.2) is 5.69 Å². The second-order valence-electron chi connectivity index (χ2n) is 4.61. The van der Waals surface area contributed by atoms with Crippen molar-refractivity contribution in [2.45, 2.75) is 0 Å². The number of nitro groups is 1. The Morgan fingerprint density at radius 2 is 1.90 bits per heavy atom. The highest BCUT2D eigenvalue weighted by Gasteiger charge is 2.27. The summed E-state index contributed by atoms with van der Waals surface area (Å²) in [5.74, 6) is 0. The third kappa shape index (κ3) is 3.81. The van der Waals surface area contributed by atoms with Crippen LogP contribution in [0, 0.1) is 10.1 Å². The van der Waals surface area contributed by atoms with E-state index in [4.69, 9.17) is 5.73 Å². The summed E-state index contributed by atoms with van der Waals surface area (Å²) in [5, 5.41) is 11.1. The number of hydrogen-bond acceptors (Lipinski definition) is 6. The zero-order chi connectivity index (χ0) is 15.5. The van der Waals surface area contributed by atoms with Crippen LogP contribution < -0.4 is 10.0 Å². The minimum Gasteiger partial charge on any atom is -0.397 e. The zero-order valence-electron chi connectivity index (χ0n) is 11.6. The van der Waals surface area contributed by atoms with Crippen molar-refractivity contribution in [2.24, 2.45) is 0 Å². The summed E-state index contributed by atoms with van der Waals surface area (Å²) < 4.78 is 24.8. The number of benzene rings is 1. The number of sulfonamides is 1. The van der Waals surface area contributed by atoms with Crippen LogP contribution >= 0.6 is 0 Å². The van der Waals surface area contributed by atoms with Gasteiger partial charge in [0.1, 0.15) is 0 Å². The lowest BCUT2D eigenvalue weighted by Gasteiger charge is -2.24. The quantitative estimate of drug-likeness (QED) is 0.465. The van der Waals surface area contributed by atoms with Crippen molar-refractivity contribution in [2.75, 3.05) is 43.5 Å². The van der Waals surface area contributed by atoms with Gasteiger partial charge in [-0.2, -0.15) is 0 Å². The van der Waals surface area contributed by atoms with Crippen molar-refractivity contribution in [3.63, 3.8) is 0 Å². The zero-order valence-corrected chi connectivity index (χ0v) is 12.4. The number of rotatable bonds is 6. The van der Waals surface area contributed by atoms with Crippen LogP contribution in [0.4, 0.5) is 17.1 Å². The number of nitrogen functional groups attached to an aromatic ring is 1. The molecule has 0 fully saturated rings. The molecule has 1 aromatic carbocycles. The molecule has 0 aromatic heterocycles. The molecule has 0 saturated heterocycles. The average molecular weight is 302 g/mol. The van der Waals surface area contributed by atoms with E-state index in [9.17, 15) is 18.5 Å². The second kappa shape index (κ2) is 6.06. The second-order valence-corrected chi connectivity index (χ2v) is 6.52. The molecule has 2 N–H and O–H groups in total. The Bertz CT molecular complexity index is 600. The van der Waals surface area contributed by atoms with Gasteiger partial charge < -0.3 is 10.6 Å². The number of nitrogens with zero attached hydrogens (tertiary/aromatic N) is 3. The fraction of sp³-hybridized carbons (Fsp3) is 0.455. The van der Waals surface area contributed by atoms with E-state index in [1.165, 1.54) is 18.2 Å². The van der Waals surface area contributed by atoms with Gasteiger partial charge >= 0.3 is 0 Å². The van der Waals surface area contributed by atoms with Crippen LogP contribution in [0.3, 0.4) is 0 Å². The maximum absolute atomic E-state index is 11.9. The van der Waals surface area contributed by atoms with Crippen LogP contribution in [0.1, 0.15) is 0 Å². The van der Waals surface area contributed by atoms with E-state index in [1.807, 2.05) is 0 Å². The molecule has 0 radical (unpaired) electrons. The molecular weight excluding hydrogens is 284 g/mol. The van der Waals surface area contributed by atoms with Gasteiger partial charge in [0.05, 0.1) is 16.9 Å². The number of nitro benzene ring substituents is 1. The third-order valence-electron chi connectivity index (χ3n) is 2.64. The maximum Gasteiger partial charge on any atom is 0.295 e. The Morgan fingerprint density at radius 3 is 2.35 bits per heavy atom. The molecule has 112 valence electrons. The third-order valence-corrected chi connectivity index (χ3v) is 3.81. The predicted octanol–water partition coefficient (Wildman–Crippen LogP) is 0.505. The standard InChI is InChI=1S/C11H18N4O4S/c1-13(2)7-8-14(20(3,18)19)11-9(12)5-4-6-10(11)15(16)17/h4-6H,7-8,12H2,1-3H3. The first-order valence-corrected chi connectivity index (χ1v) is 7.64. The summed E-state index contributed by atoms with van der Waals surface area (Å²) in [4.78, 5) is 12.2. The van der Waals surface area contributed by atoms with E-state index in [0.717, 1.165) is 10.6 Å². The monoisotopic (exact) mass is 302 g/mol. The summed E-state index contributed by atoms with van der Waals surface area (Å²) >= 11 is 0. The Labute approximate surface area is 118 Å². The van der Waals surface area contributed by atoms with Gasteiger partial charge in [0, 0.05) is 19.2 Å². The van der Waals surface area contributed by atoms with Crippen LogP contribution in [-0.4, -0.2) is 51.7 Å². The Hall–Kier alpha value is -1.87. The largest absolute Gasteiger partial charge is 0.397 e. The summed E-state index contributed by atoms with van der Waals surface area (Å²) in [5.41, 5.74) is 5.39. The molecule has 0 unspecified atom stereocenters. The average Bonchev–Trinajstić information content (AvgIpc) is 2.28. The molecule has 0 heterocycles. The highest BCUT2D eigenvalue weighted by Crippen LogP contribution is 2.35. The topological polar surface area (TPSA) is 110 Å². The van der Waals surface area contributed by atoms with Gasteiger partial charge in [-0.15, -0.1) is 0 Å². The molecule has 1 rings (SSSR count). The fourth-order valence-electron chi connectivity index (χ4n) is 1.70. The van der Waals surface area contributed by atoms with Gasteiger partial charge in [0.2, 0.25) is 10.0 Å². The lowest BCUT2D eigenvalue weighted by atomic mass is 10.2. The fourth-order valence-corrected chi connectivity index (χ4v) is 2.65. The van der Waals surface area contributed by atoms with Crippen LogP contribution in [0.2, 0.25) is 0 Å². The van der Waals surface area contributed by atoms with Gasteiger partial charge in [-0.05, 0) is 20.2 Å². The number of nitrogens with two attached hydrogens (primary N) is 1. The van der Waals surface area contributed by atoms with Crippen molar-refractivity contribution in [3.05, 3.63) is 28.3 Å². The lowest BCUT2D eigenvalue weighted by molar-refractivity contribution is -0.384. The van der Waals surface area contributed by atoms with Crippen molar-refractivity contribution in [3.8, 4) is 0 Å². The first kappa shape index (κ1) is 16.2. The molecule has 0 aliphatic heterocycles. The minimum atomic E-state index is -3.67. The lowest BCUT2D eigenvalue weighted by Crippen LogP contribution is -2.36. The van der Waals surface area contributed by atoms with Crippen molar-refractivity contribution >= 4 is 27.1 Å². The Kier molecular flexibility index (Phi) is 4.90. The van der Waals surface area contributed by atoms with Crippen LogP contribution in [0.15, 0.2) is 18.2 Å². The van der Waals surface area contributed by atoms with Crippen molar-refractivity contribution in [1.29, 1.82) is 0 Å². The van der Waals surface area contributed by atoms with Crippen LogP contribution in [0.5, 0.6) is 0 Å². The first-order chi connectivity index (χ1) is 9.14. The molecule has 0 spiro atoms.